The number of epoxide rings is 1. The third-order valence-corrected chi connectivity index (χ3v) is 8.46. The minimum atomic E-state index is -0.177. The van der Waals surface area contributed by atoms with Crippen LogP contribution >= 0.6 is 0 Å². The monoisotopic (exact) mass is 422 g/mol. The highest BCUT2D eigenvalue weighted by atomic mass is 16.6. The van der Waals surface area contributed by atoms with Crippen molar-refractivity contribution in [2.24, 2.45) is 35.5 Å². The average molecular weight is 423 g/mol. The van der Waals surface area contributed by atoms with Gasteiger partial charge in [-0.1, -0.05) is 48.0 Å². The van der Waals surface area contributed by atoms with Crippen molar-refractivity contribution in [1.29, 1.82) is 0 Å². The lowest BCUT2D eigenvalue weighted by Gasteiger charge is -2.23. The summed E-state index contributed by atoms with van der Waals surface area (Å²) in [4.78, 5) is 10.3. The topological polar surface area (TPSA) is 38.8 Å². The highest BCUT2D eigenvalue weighted by Gasteiger charge is 2.49. The molecule has 0 spiro atoms. The molecule has 0 N–H and O–H groups in total. The molecule has 0 radical (unpaired) electrons. The molecule has 2 bridgehead atoms. The van der Waals surface area contributed by atoms with Gasteiger partial charge in [0.1, 0.15) is 6.10 Å². The Hall–Kier alpha value is -0.570. The number of rotatable bonds is 3. The van der Waals surface area contributed by atoms with Crippen molar-refractivity contribution in [3.05, 3.63) is 0 Å². The molecule has 176 valence electrons. The van der Waals surface area contributed by atoms with Gasteiger partial charge in [0.25, 0.3) is 0 Å². The van der Waals surface area contributed by atoms with Crippen LogP contribution in [0.5, 0.6) is 0 Å². The van der Waals surface area contributed by atoms with Crippen LogP contribution in [0.2, 0.25) is 0 Å². The minimum Gasteiger partial charge on any atom is -0.463 e. The van der Waals surface area contributed by atoms with Gasteiger partial charge < -0.3 is 9.47 Å². The molecule has 1 saturated heterocycles. The van der Waals surface area contributed by atoms with Gasteiger partial charge in [-0.15, -0.1) is 0 Å². The van der Waals surface area contributed by atoms with E-state index in [1.165, 1.54) is 43.4 Å². The summed E-state index contributed by atoms with van der Waals surface area (Å²) in [5.41, 5.74) is 0. The largest absolute Gasteiger partial charge is 0.463 e. The number of ether oxygens (including phenoxy) is 2. The second-order valence-corrected chi connectivity index (χ2v) is 10.3. The van der Waals surface area contributed by atoms with Crippen LogP contribution in [0.1, 0.15) is 113 Å². The number of fused-ring (bicyclic) bond motifs is 6. The zero-order valence-corrected chi connectivity index (χ0v) is 21.0. The summed E-state index contributed by atoms with van der Waals surface area (Å²) in [6.07, 6.45) is 15.4. The van der Waals surface area contributed by atoms with Gasteiger partial charge in [-0.05, 0) is 93.3 Å². The van der Waals surface area contributed by atoms with Crippen molar-refractivity contribution in [2.75, 3.05) is 0 Å². The molecule has 0 aromatic heterocycles. The lowest BCUT2D eigenvalue weighted by Crippen LogP contribution is -2.19. The van der Waals surface area contributed by atoms with Gasteiger partial charge in [-0.25, -0.2) is 0 Å². The maximum atomic E-state index is 10.3. The zero-order chi connectivity index (χ0) is 22.3. The van der Waals surface area contributed by atoms with E-state index in [-0.39, 0.29) is 12.1 Å². The van der Waals surface area contributed by atoms with E-state index >= 15 is 0 Å². The molecule has 0 amide bonds. The quantitative estimate of drug-likeness (QED) is 0.351. The molecule has 4 aliphatic carbocycles. The van der Waals surface area contributed by atoms with E-state index in [0.717, 1.165) is 24.7 Å². The van der Waals surface area contributed by atoms with Crippen LogP contribution in [0.15, 0.2) is 0 Å². The third kappa shape index (κ3) is 6.97. The van der Waals surface area contributed by atoms with Gasteiger partial charge in [0.15, 0.2) is 0 Å². The predicted octanol–water partition coefficient (Wildman–Crippen LogP) is 7.42. The molecule has 0 aromatic rings. The van der Waals surface area contributed by atoms with Gasteiger partial charge in [0, 0.05) is 6.92 Å². The van der Waals surface area contributed by atoms with E-state index in [1.54, 1.807) is 38.5 Å². The Labute approximate surface area is 187 Å². The molecule has 3 nitrogen and oxygen atoms in total. The van der Waals surface area contributed by atoms with E-state index in [0.29, 0.717) is 12.2 Å². The fraction of sp³-hybridized carbons (Fsp3) is 0.963. The Bertz CT molecular complexity index is 470. The SMILES string of the molecule is C1CC2C3CCC(C3)C2C1.CC.CC1CC2OC2CC1C.CCC(CC)OC(C)=O. The molecule has 8 atom stereocenters. The lowest BCUT2D eigenvalue weighted by atomic mass is 9.82. The van der Waals surface area contributed by atoms with Crippen LogP contribution in [0.3, 0.4) is 0 Å². The van der Waals surface area contributed by atoms with Crippen LogP contribution < -0.4 is 0 Å². The first-order chi connectivity index (χ1) is 14.4. The molecule has 3 heteroatoms. The molecule has 4 saturated carbocycles. The maximum absolute atomic E-state index is 10.3. The summed E-state index contributed by atoms with van der Waals surface area (Å²) >= 11 is 0. The molecule has 1 heterocycles. The van der Waals surface area contributed by atoms with Gasteiger partial charge in [0.05, 0.1) is 12.2 Å². The van der Waals surface area contributed by atoms with Crippen LogP contribution in [0, 0.1) is 35.5 Å². The first-order valence-corrected chi connectivity index (χ1v) is 13.2. The first-order valence-electron chi connectivity index (χ1n) is 13.2. The Morgan fingerprint density at radius 3 is 1.70 bits per heavy atom. The van der Waals surface area contributed by atoms with E-state index in [4.69, 9.17) is 9.47 Å². The standard InChI is InChI=1S/C10H16.C8H14O.C7H14O2.C2H6/c1-2-9-7-4-5-8(6-7)10(9)3-1;1-5-3-7-8(9-7)4-6(5)2;1-4-7(5-2)9-6(3)8;1-2/h7-10H,1-6H2;5-8H,3-4H2,1-2H3;7H,4-5H2,1-3H3;1-2H3. The summed E-state index contributed by atoms with van der Waals surface area (Å²) in [5, 5.41) is 0. The highest BCUT2D eigenvalue weighted by Crippen LogP contribution is 2.58. The minimum absolute atomic E-state index is 0.127. The highest BCUT2D eigenvalue weighted by molar-refractivity contribution is 5.66. The molecule has 5 rings (SSSR count). The Morgan fingerprint density at radius 1 is 0.867 bits per heavy atom. The number of esters is 1. The first kappa shape index (κ1) is 25.7. The van der Waals surface area contributed by atoms with Crippen LogP contribution in [0.4, 0.5) is 0 Å². The van der Waals surface area contributed by atoms with Crippen LogP contribution in [-0.4, -0.2) is 24.3 Å². The van der Waals surface area contributed by atoms with Gasteiger partial charge in [-0.2, -0.15) is 0 Å². The van der Waals surface area contributed by atoms with Crippen LogP contribution in [-0.2, 0) is 14.3 Å². The fourth-order valence-electron chi connectivity index (χ4n) is 6.50. The molecular weight excluding hydrogens is 372 g/mol. The molecule has 5 fully saturated rings. The number of carbonyl (C=O) groups is 1. The normalized spacial score (nSPS) is 39.3. The van der Waals surface area contributed by atoms with Crippen molar-refractivity contribution >= 4 is 5.97 Å². The number of hydrogen-bond donors (Lipinski definition) is 0. The average Bonchev–Trinajstić information content (AvgIpc) is 3.14. The third-order valence-electron chi connectivity index (χ3n) is 8.46. The van der Waals surface area contributed by atoms with Gasteiger partial charge >= 0.3 is 5.97 Å². The van der Waals surface area contributed by atoms with Crippen LogP contribution in [0.25, 0.3) is 0 Å². The molecule has 1 aliphatic heterocycles. The molecular formula is C27H50O3. The van der Waals surface area contributed by atoms with E-state index < -0.39 is 0 Å². The summed E-state index contributed by atoms with van der Waals surface area (Å²) in [7, 11) is 0. The van der Waals surface area contributed by atoms with Crippen molar-refractivity contribution in [2.45, 2.75) is 131 Å². The van der Waals surface area contributed by atoms with E-state index in [9.17, 15) is 4.79 Å². The molecule has 8 unspecified atom stereocenters. The van der Waals surface area contributed by atoms with Gasteiger partial charge in [-0.3, -0.25) is 4.79 Å². The number of hydrogen-bond acceptors (Lipinski definition) is 3. The summed E-state index contributed by atoms with van der Waals surface area (Å²) in [6, 6.07) is 0. The molecule has 30 heavy (non-hydrogen) atoms. The Morgan fingerprint density at radius 2 is 1.33 bits per heavy atom. The smallest absolute Gasteiger partial charge is 0.302 e. The summed E-state index contributed by atoms with van der Waals surface area (Å²) < 4.78 is 10.3. The van der Waals surface area contributed by atoms with Crippen molar-refractivity contribution in [3.63, 3.8) is 0 Å². The second-order valence-electron chi connectivity index (χ2n) is 10.3. The molecule has 5 aliphatic rings. The van der Waals surface area contributed by atoms with Crippen molar-refractivity contribution in [3.8, 4) is 0 Å². The summed E-state index contributed by atoms with van der Waals surface area (Å²) in [6.45, 7) is 14.1. The van der Waals surface area contributed by atoms with Crippen molar-refractivity contribution in [1.82, 2.24) is 0 Å². The summed E-state index contributed by atoms with van der Waals surface area (Å²) in [5.74, 6) is 6.42. The fourth-order valence-corrected chi connectivity index (χ4v) is 6.50. The Balaban J connectivity index is 0.000000154. The second kappa shape index (κ2) is 12.5. The number of carbonyl (C=O) groups excluding carboxylic acids is 1. The predicted molar refractivity (Wildman–Crippen MR) is 125 cm³/mol. The van der Waals surface area contributed by atoms with Crippen molar-refractivity contribution < 1.29 is 14.3 Å². The van der Waals surface area contributed by atoms with E-state index in [1.807, 2.05) is 27.7 Å². The molecule has 0 aromatic carbocycles. The Kier molecular flexibility index (Phi) is 10.7. The zero-order valence-electron chi connectivity index (χ0n) is 21.0. The van der Waals surface area contributed by atoms with E-state index in [2.05, 4.69) is 13.8 Å². The lowest BCUT2D eigenvalue weighted by molar-refractivity contribution is -0.146. The van der Waals surface area contributed by atoms with Gasteiger partial charge in [0.2, 0.25) is 0 Å². The maximum Gasteiger partial charge on any atom is 0.302 e.